The summed E-state index contributed by atoms with van der Waals surface area (Å²) in [5.74, 6) is 0.624. The number of rotatable bonds is 4. The lowest BCUT2D eigenvalue weighted by atomic mass is 10.1. The molecule has 110 valence electrons. The summed E-state index contributed by atoms with van der Waals surface area (Å²) in [4.78, 5) is 15.0. The smallest absolute Gasteiger partial charge is 0.232 e. The first kappa shape index (κ1) is 13.9. The number of aromatic nitrogens is 3. The molecule has 2 aromatic heterocycles. The molecule has 0 amide bonds. The van der Waals surface area contributed by atoms with Crippen LogP contribution in [0.2, 0.25) is 0 Å². The molecule has 0 unspecified atom stereocenters. The van der Waals surface area contributed by atoms with Crippen LogP contribution in [0.4, 0.5) is 0 Å². The highest BCUT2D eigenvalue weighted by Crippen LogP contribution is 2.18. The Bertz CT molecular complexity index is 567. The minimum Gasteiger partial charge on any atom is -0.473 e. The summed E-state index contributed by atoms with van der Waals surface area (Å²) < 4.78 is 5.86. The summed E-state index contributed by atoms with van der Waals surface area (Å²) in [6.07, 6.45) is 9.13. The fourth-order valence-electron chi connectivity index (χ4n) is 2.63. The summed E-state index contributed by atoms with van der Waals surface area (Å²) in [6, 6.07) is 4.16. The minimum atomic E-state index is 0.243. The number of hydrogen-bond donors (Lipinski definition) is 0. The van der Waals surface area contributed by atoms with Crippen molar-refractivity contribution in [2.24, 2.45) is 0 Å². The largest absolute Gasteiger partial charge is 0.473 e. The average molecular weight is 284 g/mol. The van der Waals surface area contributed by atoms with E-state index in [-0.39, 0.29) is 6.10 Å². The minimum absolute atomic E-state index is 0.243. The van der Waals surface area contributed by atoms with Gasteiger partial charge in [-0.15, -0.1) is 0 Å². The van der Waals surface area contributed by atoms with Crippen molar-refractivity contribution in [3.8, 4) is 5.88 Å². The van der Waals surface area contributed by atoms with Crippen LogP contribution in [0.15, 0.2) is 36.9 Å². The summed E-state index contributed by atoms with van der Waals surface area (Å²) >= 11 is 0. The molecule has 1 saturated heterocycles. The maximum Gasteiger partial charge on any atom is 0.232 e. The summed E-state index contributed by atoms with van der Waals surface area (Å²) in [7, 11) is 0. The summed E-state index contributed by atoms with van der Waals surface area (Å²) in [5.41, 5.74) is 2.43. The highest BCUT2D eigenvalue weighted by molar-refractivity contribution is 5.18. The molecule has 0 radical (unpaired) electrons. The van der Waals surface area contributed by atoms with Crippen LogP contribution >= 0.6 is 0 Å². The second-order valence-corrected chi connectivity index (χ2v) is 5.38. The SMILES string of the molecule is Cc1ncccc1CN1CCC(Oc2cnccn2)CC1. The number of piperidine rings is 1. The Morgan fingerprint density at radius 1 is 1.19 bits per heavy atom. The lowest BCUT2D eigenvalue weighted by Gasteiger charge is -2.32. The van der Waals surface area contributed by atoms with Crippen LogP contribution in [0.5, 0.6) is 5.88 Å². The van der Waals surface area contributed by atoms with Gasteiger partial charge in [-0.1, -0.05) is 6.07 Å². The molecule has 1 aliphatic heterocycles. The predicted octanol–water partition coefficient (Wildman–Crippen LogP) is 2.22. The van der Waals surface area contributed by atoms with E-state index < -0.39 is 0 Å². The third-order valence-corrected chi connectivity index (χ3v) is 3.87. The van der Waals surface area contributed by atoms with Crippen molar-refractivity contribution in [1.82, 2.24) is 19.9 Å². The first-order valence-electron chi connectivity index (χ1n) is 7.37. The van der Waals surface area contributed by atoms with E-state index in [0.717, 1.165) is 38.2 Å². The fraction of sp³-hybridized carbons (Fsp3) is 0.438. The average Bonchev–Trinajstić information content (AvgIpc) is 2.52. The molecule has 0 aliphatic carbocycles. The third kappa shape index (κ3) is 3.76. The Kier molecular flexibility index (Phi) is 4.40. The standard InChI is InChI=1S/C16H20N4O/c1-13-14(3-2-6-18-13)12-20-9-4-15(5-10-20)21-16-11-17-7-8-19-16/h2-3,6-8,11,15H,4-5,9-10,12H2,1H3. The highest BCUT2D eigenvalue weighted by Gasteiger charge is 2.21. The molecule has 5 nitrogen and oxygen atoms in total. The zero-order valence-electron chi connectivity index (χ0n) is 12.3. The molecule has 0 spiro atoms. The zero-order valence-corrected chi connectivity index (χ0v) is 12.3. The van der Waals surface area contributed by atoms with Gasteiger partial charge < -0.3 is 4.74 Å². The van der Waals surface area contributed by atoms with Gasteiger partial charge >= 0.3 is 0 Å². The van der Waals surface area contributed by atoms with E-state index in [2.05, 4.69) is 32.8 Å². The molecule has 3 heterocycles. The lowest BCUT2D eigenvalue weighted by molar-refractivity contribution is 0.0927. The molecule has 2 aromatic rings. The van der Waals surface area contributed by atoms with Crippen molar-refractivity contribution in [2.45, 2.75) is 32.4 Å². The Morgan fingerprint density at radius 2 is 2.05 bits per heavy atom. The molecule has 0 atom stereocenters. The molecule has 5 heteroatoms. The van der Waals surface area contributed by atoms with Gasteiger partial charge in [0, 0.05) is 43.9 Å². The van der Waals surface area contributed by atoms with E-state index in [9.17, 15) is 0 Å². The topological polar surface area (TPSA) is 51.1 Å². The second-order valence-electron chi connectivity index (χ2n) is 5.38. The molecule has 21 heavy (non-hydrogen) atoms. The Balaban J connectivity index is 1.50. The normalized spacial score (nSPS) is 16.8. The van der Waals surface area contributed by atoms with Crippen molar-refractivity contribution in [2.75, 3.05) is 13.1 Å². The third-order valence-electron chi connectivity index (χ3n) is 3.87. The molecule has 0 bridgehead atoms. The van der Waals surface area contributed by atoms with Gasteiger partial charge in [0.05, 0.1) is 6.20 Å². The molecular weight excluding hydrogens is 264 g/mol. The van der Waals surface area contributed by atoms with Crippen LogP contribution < -0.4 is 4.74 Å². The molecule has 0 aromatic carbocycles. The maximum absolute atomic E-state index is 5.86. The van der Waals surface area contributed by atoms with Crippen LogP contribution in [-0.2, 0) is 6.54 Å². The van der Waals surface area contributed by atoms with Crippen molar-refractivity contribution >= 4 is 0 Å². The van der Waals surface area contributed by atoms with Crippen molar-refractivity contribution in [3.05, 3.63) is 48.2 Å². The predicted molar refractivity (Wildman–Crippen MR) is 79.9 cm³/mol. The van der Waals surface area contributed by atoms with Crippen molar-refractivity contribution in [3.63, 3.8) is 0 Å². The van der Waals surface area contributed by atoms with E-state index >= 15 is 0 Å². The zero-order chi connectivity index (χ0) is 14.5. The van der Waals surface area contributed by atoms with Crippen LogP contribution in [0.1, 0.15) is 24.1 Å². The lowest BCUT2D eigenvalue weighted by Crippen LogP contribution is -2.38. The molecule has 0 saturated carbocycles. The second kappa shape index (κ2) is 6.63. The van der Waals surface area contributed by atoms with Gasteiger partial charge in [0.2, 0.25) is 5.88 Å². The van der Waals surface area contributed by atoms with Gasteiger partial charge in [-0.2, -0.15) is 0 Å². The Morgan fingerprint density at radius 3 is 2.76 bits per heavy atom. The van der Waals surface area contributed by atoms with Gasteiger partial charge in [-0.25, -0.2) is 4.98 Å². The van der Waals surface area contributed by atoms with Crippen molar-refractivity contribution < 1.29 is 4.74 Å². The van der Waals surface area contributed by atoms with Crippen LogP contribution in [0.25, 0.3) is 0 Å². The van der Waals surface area contributed by atoms with E-state index in [4.69, 9.17) is 4.74 Å². The van der Waals surface area contributed by atoms with Crippen molar-refractivity contribution in [1.29, 1.82) is 0 Å². The molecule has 3 rings (SSSR count). The van der Waals surface area contributed by atoms with Gasteiger partial charge in [0.1, 0.15) is 6.10 Å². The molecule has 1 fully saturated rings. The quantitative estimate of drug-likeness (QED) is 0.861. The monoisotopic (exact) mass is 284 g/mol. The van der Waals surface area contributed by atoms with E-state index in [1.54, 1.807) is 18.6 Å². The van der Waals surface area contributed by atoms with Gasteiger partial charge in [-0.05, 0) is 31.4 Å². The van der Waals surface area contributed by atoms with Gasteiger partial charge in [-0.3, -0.25) is 14.9 Å². The van der Waals surface area contributed by atoms with Gasteiger partial charge in [0.25, 0.3) is 0 Å². The maximum atomic E-state index is 5.86. The summed E-state index contributed by atoms with van der Waals surface area (Å²) in [5, 5.41) is 0. The van der Waals surface area contributed by atoms with Crippen LogP contribution in [-0.4, -0.2) is 39.0 Å². The summed E-state index contributed by atoms with van der Waals surface area (Å²) in [6.45, 7) is 5.12. The first-order chi connectivity index (χ1) is 10.3. The van der Waals surface area contributed by atoms with E-state index in [1.165, 1.54) is 5.56 Å². The molecular formula is C16H20N4O. The molecule has 1 aliphatic rings. The highest BCUT2D eigenvalue weighted by atomic mass is 16.5. The van der Waals surface area contributed by atoms with E-state index in [1.807, 2.05) is 12.3 Å². The Labute approximate surface area is 125 Å². The number of ether oxygens (including phenoxy) is 1. The van der Waals surface area contributed by atoms with E-state index in [0.29, 0.717) is 5.88 Å². The fourth-order valence-corrected chi connectivity index (χ4v) is 2.63. The van der Waals surface area contributed by atoms with Crippen LogP contribution in [0, 0.1) is 6.92 Å². The number of pyridine rings is 1. The Hall–Kier alpha value is -2.01. The first-order valence-corrected chi connectivity index (χ1v) is 7.37. The van der Waals surface area contributed by atoms with Gasteiger partial charge in [0.15, 0.2) is 0 Å². The molecule has 0 N–H and O–H groups in total. The number of hydrogen-bond acceptors (Lipinski definition) is 5. The number of aryl methyl sites for hydroxylation is 1. The van der Waals surface area contributed by atoms with Crippen LogP contribution in [0.3, 0.4) is 0 Å². The number of nitrogens with zero attached hydrogens (tertiary/aromatic N) is 4. The number of likely N-dealkylation sites (tertiary alicyclic amines) is 1.